The Morgan fingerprint density at radius 3 is 2.22 bits per heavy atom. The molecule has 0 spiro atoms. The lowest BCUT2D eigenvalue weighted by Gasteiger charge is -2.16. The van der Waals surface area contributed by atoms with Gasteiger partial charge in [0.25, 0.3) is 5.91 Å². The van der Waals surface area contributed by atoms with Crippen LogP contribution in [-0.2, 0) is 11.3 Å². The number of nitrogens with zero attached hydrogens (tertiary/aromatic N) is 2. The summed E-state index contributed by atoms with van der Waals surface area (Å²) >= 11 is 0. The number of carbonyl (C=O) groups excluding carboxylic acids is 2. The Hall–Kier alpha value is -4.05. The van der Waals surface area contributed by atoms with Gasteiger partial charge in [0, 0.05) is 31.0 Å². The summed E-state index contributed by atoms with van der Waals surface area (Å²) in [5, 5.41) is 12.4. The molecule has 10 nitrogen and oxygen atoms in total. The number of hydrogen-bond donors (Lipinski definition) is 3. The minimum atomic E-state index is -0.488. The molecule has 0 fully saturated rings. The molecule has 1 heterocycles. The van der Waals surface area contributed by atoms with E-state index < -0.39 is 6.03 Å². The van der Waals surface area contributed by atoms with E-state index in [1.54, 1.807) is 54.4 Å². The maximum atomic E-state index is 12.5. The van der Waals surface area contributed by atoms with E-state index in [4.69, 9.17) is 14.2 Å². The van der Waals surface area contributed by atoms with Crippen molar-refractivity contribution in [3.8, 4) is 11.5 Å². The van der Waals surface area contributed by atoms with Crippen LogP contribution in [0.15, 0.2) is 54.9 Å². The minimum absolute atomic E-state index is 0.296. The molecule has 32 heavy (non-hydrogen) atoms. The van der Waals surface area contributed by atoms with Gasteiger partial charge < -0.3 is 30.2 Å². The van der Waals surface area contributed by atoms with Gasteiger partial charge in [0.1, 0.15) is 11.5 Å². The maximum absolute atomic E-state index is 12.5. The van der Waals surface area contributed by atoms with Gasteiger partial charge in [0.05, 0.1) is 50.6 Å². The Bertz CT molecular complexity index is 1070. The molecule has 0 saturated carbocycles. The van der Waals surface area contributed by atoms with E-state index >= 15 is 0 Å². The second-order valence-corrected chi connectivity index (χ2v) is 6.64. The molecular formula is C22H25N5O5. The van der Waals surface area contributed by atoms with E-state index in [9.17, 15) is 9.59 Å². The second kappa shape index (κ2) is 10.8. The number of carbonyl (C=O) groups is 2. The van der Waals surface area contributed by atoms with E-state index in [1.165, 1.54) is 20.4 Å². The van der Waals surface area contributed by atoms with E-state index in [0.717, 1.165) is 0 Å². The Morgan fingerprint density at radius 2 is 1.59 bits per heavy atom. The molecule has 0 atom stereocenters. The largest absolute Gasteiger partial charge is 0.494 e. The highest BCUT2D eigenvalue weighted by Crippen LogP contribution is 2.36. The van der Waals surface area contributed by atoms with Crippen LogP contribution < -0.4 is 25.4 Å². The van der Waals surface area contributed by atoms with Gasteiger partial charge in [-0.3, -0.25) is 9.48 Å². The van der Waals surface area contributed by atoms with Crippen molar-refractivity contribution in [3.63, 3.8) is 0 Å². The minimum Gasteiger partial charge on any atom is -0.494 e. The normalized spacial score (nSPS) is 10.3. The molecule has 0 radical (unpaired) electrons. The lowest BCUT2D eigenvalue weighted by Crippen LogP contribution is -2.20. The van der Waals surface area contributed by atoms with Crippen molar-refractivity contribution in [1.29, 1.82) is 0 Å². The smallest absolute Gasteiger partial charge is 0.323 e. The molecular weight excluding hydrogens is 414 g/mol. The molecule has 0 saturated heterocycles. The predicted molar refractivity (Wildman–Crippen MR) is 121 cm³/mol. The highest BCUT2D eigenvalue weighted by atomic mass is 16.5. The fourth-order valence-electron chi connectivity index (χ4n) is 2.90. The Morgan fingerprint density at radius 1 is 0.938 bits per heavy atom. The first-order valence-corrected chi connectivity index (χ1v) is 9.76. The Labute approximate surface area is 185 Å². The lowest BCUT2D eigenvalue weighted by atomic mass is 10.2. The van der Waals surface area contributed by atoms with E-state index in [0.29, 0.717) is 47.3 Å². The molecule has 3 amide bonds. The van der Waals surface area contributed by atoms with Crippen LogP contribution in [0.3, 0.4) is 0 Å². The molecule has 3 N–H and O–H groups in total. The third kappa shape index (κ3) is 5.76. The van der Waals surface area contributed by atoms with E-state index in [-0.39, 0.29) is 5.91 Å². The van der Waals surface area contributed by atoms with Crippen LogP contribution in [-0.4, -0.2) is 49.7 Å². The fraction of sp³-hybridized carbons (Fsp3) is 0.227. The van der Waals surface area contributed by atoms with Gasteiger partial charge >= 0.3 is 6.03 Å². The molecule has 10 heteroatoms. The van der Waals surface area contributed by atoms with Crippen LogP contribution >= 0.6 is 0 Å². The molecule has 0 unspecified atom stereocenters. The van der Waals surface area contributed by atoms with E-state index in [2.05, 4.69) is 21.0 Å². The van der Waals surface area contributed by atoms with Crippen LogP contribution in [0, 0.1) is 0 Å². The number of methoxy groups -OCH3 is 3. The molecule has 0 aliphatic carbocycles. The average molecular weight is 439 g/mol. The summed E-state index contributed by atoms with van der Waals surface area (Å²) in [4.78, 5) is 25.0. The molecule has 3 rings (SSSR count). The summed E-state index contributed by atoms with van der Waals surface area (Å²) in [6.45, 7) is 1.08. The summed E-state index contributed by atoms with van der Waals surface area (Å²) in [6, 6.07) is 11.5. The number of rotatable bonds is 9. The first-order valence-electron chi connectivity index (χ1n) is 9.76. The number of anilines is 3. The third-order valence-electron chi connectivity index (χ3n) is 4.47. The van der Waals surface area contributed by atoms with Crippen molar-refractivity contribution >= 4 is 29.0 Å². The molecule has 168 valence electrons. The maximum Gasteiger partial charge on any atom is 0.323 e. The first-order chi connectivity index (χ1) is 15.5. The number of benzene rings is 2. The fourth-order valence-corrected chi connectivity index (χ4v) is 2.90. The molecule has 0 aliphatic heterocycles. The van der Waals surface area contributed by atoms with Gasteiger partial charge in [0.2, 0.25) is 0 Å². The number of aromatic nitrogens is 2. The number of ether oxygens (including phenoxy) is 3. The summed E-state index contributed by atoms with van der Waals surface area (Å²) < 4.78 is 17.5. The molecule has 0 bridgehead atoms. The predicted octanol–water partition coefficient (Wildman–Crippen LogP) is 3.44. The zero-order valence-corrected chi connectivity index (χ0v) is 18.0. The Balaban J connectivity index is 1.73. The van der Waals surface area contributed by atoms with Crippen molar-refractivity contribution in [2.24, 2.45) is 0 Å². The van der Waals surface area contributed by atoms with Crippen molar-refractivity contribution in [2.75, 3.05) is 43.9 Å². The van der Waals surface area contributed by atoms with Gasteiger partial charge in [-0.15, -0.1) is 0 Å². The average Bonchev–Trinajstić information content (AvgIpc) is 3.25. The van der Waals surface area contributed by atoms with Crippen molar-refractivity contribution in [2.45, 2.75) is 6.54 Å². The van der Waals surface area contributed by atoms with Crippen LogP contribution in [0.5, 0.6) is 11.5 Å². The molecule has 3 aromatic rings. The van der Waals surface area contributed by atoms with Crippen molar-refractivity contribution in [3.05, 3.63) is 60.4 Å². The summed E-state index contributed by atoms with van der Waals surface area (Å²) in [5.74, 6) is 0.410. The van der Waals surface area contributed by atoms with Gasteiger partial charge in [-0.05, 0) is 12.1 Å². The van der Waals surface area contributed by atoms with Crippen LogP contribution in [0.4, 0.5) is 21.9 Å². The van der Waals surface area contributed by atoms with Crippen LogP contribution in [0.2, 0.25) is 0 Å². The number of hydrogen-bond acceptors (Lipinski definition) is 6. The van der Waals surface area contributed by atoms with Crippen LogP contribution in [0.25, 0.3) is 0 Å². The second-order valence-electron chi connectivity index (χ2n) is 6.64. The molecule has 0 aliphatic rings. The topological polar surface area (TPSA) is 116 Å². The zero-order chi connectivity index (χ0) is 22.9. The Kier molecular flexibility index (Phi) is 7.65. The summed E-state index contributed by atoms with van der Waals surface area (Å²) in [5.41, 5.74) is 1.80. The summed E-state index contributed by atoms with van der Waals surface area (Å²) in [6.07, 6.45) is 3.23. The van der Waals surface area contributed by atoms with Crippen molar-refractivity contribution in [1.82, 2.24) is 9.78 Å². The zero-order valence-electron chi connectivity index (χ0n) is 18.0. The SMILES string of the molecule is COCCn1cc(NC(=O)Nc2cc(OC)c(NC(=O)c3ccccc3)cc2OC)cn1. The molecule has 1 aromatic heterocycles. The number of urea groups is 1. The summed E-state index contributed by atoms with van der Waals surface area (Å²) in [7, 11) is 4.54. The first kappa shape index (κ1) is 22.6. The van der Waals surface area contributed by atoms with Crippen molar-refractivity contribution < 1.29 is 23.8 Å². The quantitative estimate of drug-likeness (QED) is 0.470. The van der Waals surface area contributed by atoms with E-state index in [1.807, 2.05) is 6.07 Å². The lowest BCUT2D eigenvalue weighted by molar-refractivity contribution is 0.102. The van der Waals surface area contributed by atoms with Gasteiger partial charge in [-0.25, -0.2) is 4.79 Å². The monoisotopic (exact) mass is 439 g/mol. The number of nitrogens with one attached hydrogen (secondary N) is 3. The molecule has 2 aromatic carbocycles. The van der Waals surface area contributed by atoms with Gasteiger partial charge in [0.15, 0.2) is 0 Å². The highest BCUT2D eigenvalue weighted by Gasteiger charge is 2.16. The van der Waals surface area contributed by atoms with Gasteiger partial charge in [-0.2, -0.15) is 5.10 Å². The standard InChI is InChI=1S/C22H25N5O5/c1-30-10-9-27-14-16(13-23-27)24-22(29)26-18-12-19(31-2)17(11-20(18)32-3)25-21(28)15-7-5-4-6-8-15/h4-8,11-14H,9-10H2,1-3H3,(H,25,28)(H2,24,26,29). The number of amides is 3. The third-order valence-corrected chi connectivity index (χ3v) is 4.47. The van der Waals surface area contributed by atoms with Crippen LogP contribution in [0.1, 0.15) is 10.4 Å². The highest BCUT2D eigenvalue weighted by molar-refractivity contribution is 6.06. The van der Waals surface area contributed by atoms with Gasteiger partial charge in [-0.1, -0.05) is 18.2 Å².